The summed E-state index contributed by atoms with van der Waals surface area (Å²) >= 11 is 1.98. The molecule has 10 fully saturated rings. The molecule has 10 bridgehead atoms. The van der Waals surface area contributed by atoms with Gasteiger partial charge in [-0.1, -0.05) is 69.2 Å². The van der Waals surface area contributed by atoms with Crippen LogP contribution in [-0.4, -0.2) is 146 Å². The van der Waals surface area contributed by atoms with Crippen LogP contribution in [0.2, 0.25) is 0 Å². The molecular weight excluding hydrogens is 719 g/mol. The van der Waals surface area contributed by atoms with E-state index in [2.05, 4.69) is 69.2 Å². The van der Waals surface area contributed by atoms with E-state index >= 15 is 0 Å². The van der Waals surface area contributed by atoms with Crippen LogP contribution in [-0.2, 0) is 37.9 Å². The molecule has 5 unspecified atom stereocenters. The first kappa shape index (κ1) is 45.9. The molecule has 10 radical (unpaired) electrons. The Morgan fingerprint density at radius 1 is 0.464 bits per heavy atom. The largest absolute Gasteiger partial charge is 0.381 e. The Kier molecular flexibility index (Phi) is 14.4. The van der Waals surface area contributed by atoms with Crippen molar-refractivity contribution in [2.75, 3.05) is 25.6 Å². The van der Waals surface area contributed by atoms with Crippen molar-refractivity contribution in [3.63, 3.8) is 0 Å². The highest BCUT2D eigenvalue weighted by atomic mass is 32.2. The van der Waals surface area contributed by atoms with Crippen molar-refractivity contribution in [1.82, 2.24) is 0 Å². The van der Waals surface area contributed by atoms with Crippen LogP contribution in [0.15, 0.2) is 0 Å². The lowest BCUT2D eigenvalue weighted by Gasteiger charge is -2.36. The average molecular weight is 788 g/mol. The van der Waals surface area contributed by atoms with Crippen molar-refractivity contribution < 1.29 is 37.9 Å². The predicted molar refractivity (Wildman–Crippen MR) is 227 cm³/mol. The monoisotopic (exact) mass is 789 g/mol. The third kappa shape index (κ3) is 7.74. The molecule has 0 spiro atoms. The summed E-state index contributed by atoms with van der Waals surface area (Å²) in [7, 11) is 28.9. The Bertz CT molecular complexity index is 1180. The molecule has 1 saturated carbocycles. The lowest BCUT2D eigenvalue weighted by molar-refractivity contribution is -0.115. The topological polar surface area (TPSA) is 73.8 Å². The minimum atomic E-state index is -0.206. The zero-order valence-corrected chi connectivity index (χ0v) is 37.0. The summed E-state index contributed by atoms with van der Waals surface area (Å²) in [6.07, 6.45) is 9.15. The second-order valence-electron chi connectivity index (χ2n) is 18.6. The molecule has 0 amide bonds. The molecule has 10 rings (SSSR count). The zero-order chi connectivity index (χ0) is 41.0. The zero-order valence-electron chi connectivity index (χ0n) is 36.2. The molecular formula is C42H69B5O8S. The van der Waals surface area contributed by atoms with Gasteiger partial charge in [-0.3, -0.25) is 0 Å². The summed E-state index contributed by atoms with van der Waals surface area (Å²) in [4.78, 5) is 0. The van der Waals surface area contributed by atoms with Gasteiger partial charge in [0.15, 0.2) is 0 Å². The fourth-order valence-electron chi connectivity index (χ4n) is 11.9. The molecule has 306 valence electrons. The van der Waals surface area contributed by atoms with Gasteiger partial charge in [-0.05, 0) is 62.7 Å². The van der Waals surface area contributed by atoms with Crippen LogP contribution >= 0.6 is 11.8 Å². The van der Waals surface area contributed by atoms with E-state index in [1.807, 2.05) is 11.8 Å². The van der Waals surface area contributed by atoms with Gasteiger partial charge in [0.25, 0.3) is 0 Å². The Hall–Kier alpha value is 0.355. The molecule has 14 heteroatoms. The summed E-state index contributed by atoms with van der Waals surface area (Å²) < 4.78 is 45.3. The molecule has 9 saturated heterocycles. The molecule has 0 aromatic rings. The van der Waals surface area contributed by atoms with Crippen molar-refractivity contribution in [2.24, 2.45) is 35.5 Å². The fraction of sp³-hybridized carbons (Fsp3) is 1.00. The van der Waals surface area contributed by atoms with Crippen LogP contribution in [0, 0.1) is 35.5 Å². The molecule has 1 aliphatic carbocycles. The van der Waals surface area contributed by atoms with Crippen LogP contribution in [0.3, 0.4) is 0 Å². The van der Waals surface area contributed by atoms with E-state index in [4.69, 9.17) is 77.1 Å². The normalized spacial score (nSPS) is 54.7. The van der Waals surface area contributed by atoms with Gasteiger partial charge in [-0.25, -0.2) is 0 Å². The molecule has 8 nitrogen and oxygen atoms in total. The van der Waals surface area contributed by atoms with E-state index in [1.165, 1.54) is 12.8 Å². The van der Waals surface area contributed by atoms with Gasteiger partial charge in [-0.2, -0.15) is 11.8 Å². The molecule has 0 N–H and O–H groups in total. The summed E-state index contributed by atoms with van der Waals surface area (Å²) in [6, 6.07) is -0.581. The number of hydrogen-bond donors (Lipinski definition) is 0. The minimum Gasteiger partial charge on any atom is -0.381 e. The maximum absolute atomic E-state index is 5.85. The number of fused-ring (bicyclic) bond motifs is 10. The highest BCUT2D eigenvalue weighted by Gasteiger charge is 2.58. The quantitative estimate of drug-likeness (QED) is 0.332. The van der Waals surface area contributed by atoms with Crippen LogP contribution < -0.4 is 0 Å². The molecule has 20 atom stereocenters. The number of hydrogen-bond acceptors (Lipinski definition) is 9. The third-order valence-corrected chi connectivity index (χ3v) is 18.3. The fourth-order valence-corrected chi connectivity index (χ4v) is 13.7. The van der Waals surface area contributed by atoms with Crippen molar-refractivity contribution in [1.29, 1.82) is 0 Å². The Morgan fingerprint density at radius 2 is 0.875 bits per heavy atom. The van der Waals surface area contributed by atoms with Gasteiger partial charge in [0.05, 0.1) is 59.5 Å². The smallest absolute Gasteiger partial charge is 0.112 e. The SMILES string of the molecule is [B][C@@H]1O[C@@]2(CC)CCO[C@H]1C2C.[B][C@@H]1O[C@@]2(CC)CC[C@@H]1C2C.[B][C@@H]1O[C@@]2(CC)CO[C@@H]1C2C.[B][C@@H]1O[C@@]2(CC)CS[C@@H]1C2C.[B][C@@H]1O[C@]2(CC)CO[C@@H]1C2C. The van der Waals surface area contributed by atoms with Gasteiger partial charge in [0.2, 0.25) is 0 Å². The van der Waals surface area contributed by atoms with Gasteiger partial charge in [0.1, 0.15) is 39.2 Å². The Morgan fingerprint density at radius 3 is 1.16 bits per heavy atom. The molecule has 9 heterocycles. The molecule has 9 aliphatic heterocycles. The molecule has 56 heavy (non-hydrogen) atoms. The Balaban J connectivity index is 0.000000119. The maximum Gasteiger partial charge on any atom is 0.112 e. The summed E-state index contributed by atoms with van der Waals surface area (Å²) in [5.41, 5.74) is 0.162. The van der Waals surface area contributed by atoms with Gasteiger partial charge >= 0.3 is 0 Å². The van der Waals surface area contributed by atoms with E-state index < -0.39 is 0 Å². The van der Waals surface area contributed by atoms with Crippen LogP contribution in [0.1, 0.15) is 121 Å². The first-order chi connectivity index (χ1) is 26.5. The summed E-state index contributed by atoms with van der Waals surface area (Å²) in [5, 5.41) is 0.551. The number of thioether (sulfide) groups is 1. The lowest BCUT2D eigenvalue weighted by atomic mass is 9.78. The standard InChI is InChI=1S/C9H15BO2.C9H15BO.2C8H13BO2.C8H13BOS/c1-3-9-4-5-11-7(6(9)2)8(10)12-9;1-3-9-5-4-7(6(9)2)8(10)11-9;2*1-3-8-4-10-6(5(8)2)7(9)11-8;1-3-8-4-11-6(5(8)2)7(9)10-8/h6-8H,3-5H2,1-2H3;6-8H,3-5H2,1-2H3;3*5-7H,3-4H2,1-2H3/t6?,7-,8+,9-;6?,7-,8-,9+;5?,6-,7-,8+;5?,6-,7-,8-;5?,6-,7-,8+/m01111/s1. The second kappa shape index (κ2) is 17.6. The number of ether oxygens (including phenoxy) is 8. The van der Waals surface area contributed by atoms with Gasteiger partial charge < -0.3 is 37.9 Å². The van der Waals surface area contributed by atoms with Crippen LogP contribution in [0.4, 0.5) is 0 Å². The highest BCUT2D eigenvalue weighted by Crippen LogP contribution is 2.54. The van der Waals surface area contributed by atoms with E-state index in [0.717, 1.165) is 64.1 Å². The molecule has 10 aliphatic rings. The Labute approximate surface area is 350 Å². The maximum atomic E-state index is 5.85. The van der Waals surface area contributed by atoms with Crippen molar-refractivity contribution in [2.45, 2.75) is 202 Å². The van der Waals surface area contributed by atoms with E-state index in [9.17, 15) is 0 Å². The lowest BCUT2D eigenvalue weighted by Crippen LogP contribution is -2.42. The first-order valence-electron chi connectivity index (χ1n) is 22.1. The molecule has 0 aromatic heterocycles. The van der Waals surface area contributed by atoms with Crippen LogP contribution in [0.5, 0.6) is 0 Å². The summed E-state index contributed by atoms with van der Waals surface area (Å²) in [6.45, 7) is 24.1. The van der Waals surface area contributed by atoms with Crippen molar-refractivity contribution in [3.05, 3.63) is 0 Å². The predicted octanol–water partition coefficient (Wildman–Crippen LogP) is 5.59. The number of rotatable bonds is 5. The average Bonchev–Trinajstić information content (AvgIpc) is 4.07. The van der Waals surface area contributed by atoms with Gasteiger partial charge in [-0.15, -0.1) is 0 Å². The van der Waals surface area contributed by atoms with Crippen LogP contribution in [0.25, 0.3) is 0 Å². The molecule has 0 aromatic carbocycles. The van der Waals surface area contributed by atoms with E-state index in [-0.39, 0.29) is 76.3 Å². The van der Waals surface area contributed by atoms with Gasteiger partial charge in [0, 0.05) is 71.8 Å². The second-order valence-corrected chi connectivity index (χ2v) is 19.7. The minimum absolute atomic E-state index is 0.0105. The third-order valence-electron chi connectivity index (χ3n) is 16.6. The first-order valence-corrected chi connectivity index (χ1v) is 23.2. The van der Waals surface area contributed by atoms with E-state index in [0.29, 0.717) is 40.8 Å². The van der Waals surface area contributed by atoms with E-state index in [1.54, 1.807) is 0 Å². The van der Waals surface area contributed by atoms with Crippen molar-refractivity contribution in [3.8, 4) is 0 Å². The highest BCUT2D eigenvalue weighted by molar-refractivity contribution is 8.00. The van der Waals surface area contributed by atoms with Crippen molar-refractivity contribution >= 4 is 51.0 Å². The summed E-state index contributed by atoms with van der Waals surface area (Å²) in [5.74, 6) is 4.48.